The number of benzene rings is 2. The highest BCUT2D eigenvalue weighted by atomic mass is 16.7. The van der Waals surface area contributed by atoms with Gasteiger partial charge < -0.3 is 30.0 Å². The molecular weight excluding hydrogens is 324 g/mol. The number of primary amides is 1. The normalized spacial score (nSPS) is 12.0. The Balaban J connectivity index is 1.56. The smallest absolute Gasteiger partial charge is 0.255 e. The first-order valence-electron chi connectivity index (χ1n) is 7.94. The summed E-state index contributed by atoms with van der Waals surface area (Å²) in [5.74, 6) is 2.14. The van der Waals surface area contributed by atoms with E-state index in [9.17, 15) is 4.79 Å². The van der Waals surface area contributed by atoms with Crippen LogP contribution < -0.4 is 30.0 Å². The van der Waals surface area contributed by atoms with Crippen LogP contribution in [-0.2, 0) is 17.9 Å². The Kier molecular flexibility index (Phi) is 5.25. The number of rotatable bonds is 8. The molecule has 0 aliphatic carbocycles. The van der Waals surface area contributed by atoms with Crippen LogP contribution in [-0.4, -0.2) is 26.4 Å². The average molecular weight is 345 g/mol. The van der Waals surface area contributed by atoms with Gasteiger partial charge in [0.25, 0.3) is 5.91 Å². The Morgan fingerprint density at radius 1 is 1.08 bits per heavy atom. The Morgan fingerprint density at radius 3 is 2.56 bits per heavy atom. The number of hydrogen-bond acceptors (Lipinski definition) is 5. The molecule has 0 radical (unpaired) electrons. The lowest BCUT2D eigenvalue weighted by molar-refractivity contribution is -0.686. The Bertz CT molecular complexity index is 763. The minimum Gasteiger partial charge on any atom is -0.493 e. The summed E-state index contributed by atoms with van der Waals surface area (Å²) in [6.07, 6.45) is 0. The number of quaternary nitrogens is 1. The molecule has 0 atom stereocenters. The standard InChI is InChI=1S/C18H20N2O5/c1-22-16-6-12(2-4-14(16)23-10-18(19)21)8-20-9-13-3-5-15-17(7-13)25-11-24-15/h2-7,20H,8-11H2,1H3,(H2,19,21)/p+1. The predicted octanol–water partition coefficient (Wildman–Crippen LogP) is 0.552. The Labute approximate surface area is 145 Å². The number of nitrogens with two attached hydrogens (primary N) is 2. The monoisotopic (exact) mass is 345 g/mol. The molecule has 2 aromatic carbocycles. The fourth-order valence-corrected chi connectivity index (χ4v) is 2.58. The SMILES string of the molecule is COc1cc(C[NH2+]Cc2ccc3c(c2)OCO3)ccc1OCC(N)=O. The van der Waals surface area contributed by atoms with Crippen molar-refractivity contribution in [2.45, 2.75) is 13.1 Å². The molecular formula is C18H21N2O5+. The second-order valence-electron chi connectivity index (χ2n) is 5.62. The van der Waals surface area contributed by atoms with Crippen LogP contribution in [0.5, 0.6) is 23.0 Å². The Morgan fingerprint density at radius 2 is 1.80 bits per heavy atom. The highest BCUT2D eigenvalue weighted by Crippen LogP contribution is 2.32. The molecule has 7 nitrogen and oxygen atoms in total. The van der Waals surface area contributed by atoms with Gasteiger partial charge in [0.2, 0.25) is 6.79 Å². The molecule has 1 aliphatic rings. The fourth-order valence-electron chi connectivity index (χ4n) is 2.58. The summed E-state index contributed by atoms with van der Waals surface area (Å²) < 4.78 is 21.3. The van der Waals surface area contributed by atoms with Crippen LogP contribution in [0.2, 0.25) is 0 Å². The maximum absolute atomic E-state index is 10.8. The topological polar surface area (TPSA) is 96.6 Å². The van der Waals surface area contributed by atoms with Crippen LogP contribution in [0.25, 0.3) is 0 Å². The lowest BCUT2D eigenvalue weighted by Crippen LogP contribution is -2.80. The van der Waals surface area contributed by atoms with Gasteiger partial charge in [-0.1, -0.05) is 0 Å². The first kappa shape index (κ1) is 16.9. The maximum Gasteiger partial charge on any atom is 0.255 e. The summed E-state index contributed by atoms with van der Waals surface area (Å²) in [4.78, 5) is 10.8. The molecule has 132 valence electrons. The van der Waals surface area contributed by atoms with Crippen molar-refractivity contribution in [3.05, 3.63) is 47.5 Å². The second kappa shape index (κ2) is 7.76. The lowest BCUT2D eigenvalue weighted by Gasteiger charge is -2.11. The van der Waals surface area contributed by atoms with Gasteiger partial charge in [-0.15, -0.1) is 0 Å². The molecule has 0 spiro atoms. The summed E-state index contributed by atoms with van der Waals surface area (Å²) in [5, 5.41) is 2.18. The summed E-state index contributed by atoms with van der Waals surface area (Å²) in [6, 6.07) is 11.6. The zero-order valence-corrected chi connectivity index (χ0v) is 14.0. The molecule has 1 aliphatic heterocycles. The number of hydrogen-bond donors (Lipinski definition) is 2. The quantitative estimate of drug-likeness (QED) is 0.728. The van der Waals surface area contributed by atoms with Gasteiger partial charge in [-0.05, 0) is 36.4 Å². The van der Waals surface area contributed by atoms with Gasteiger partial charge in [0, 0.05) is 11.1 Å². The van der Waals surface area contributed by atoms with Crippen molar-refractivity contribution < 1.29 is 29.1 Å². The van der Waals surface area contributed by atoms with E-state index >= 15 is 0 Å². The first-order valence-corrected chi connectivity index (χ1v) is 7.94. The second-order valence-corrected chi connectivity index (χ2v) is 5.62. The zero-order valence-electron chi connectivity index (χ0n) is 14.0. The average Bonchev–Trinajstić information content (AvgIpc) is 3.08. The lowest BCUT2D eigenvalue weighted by atomic mass is 10.1. The van der Waals surface area contributed by atoms with Gasteiger partial charge in [-0.25, -0.2) is 0 Å². The number of amides is 1. The molecule has 0 unspecified atom stereocenters. The van der Waals surface area contributed by atoms with Crippen LogP contribution in [0, 0.1) is 0 Å². The minimum absolute atomic E-state index is 0.175. The molecule has 1 heterocycles. The number of ether oxygens (including phenoxy) is 4. The van der Waals surface area contributed by atoms with E-state index in [1.54, 1.807) is 13.2 Å². The van der Waals surface area contributed by atoms with Crippen LogP contribution in [0.3, 0.4) is 0 Å². The van der Waals surface area contributed by atoms with Gasteiger partial charge in [0.15, 0.2) is 29.6 Å². The molecule has 25 heavy (non-hydrogen) atoms. The molecule has 0 saturated heterocycles. The van der Waals surface area contributed by atoms with Crippen molar-refractivity contribution in [2.24, 2.45) is 5.73 Å². The van der Waals surface area contributed by atoms with E-state index in [0.717, 1.165) is 35.7 Å². The third-order valence-electron chi connectivity index (χ3n) is 3.80. The third-order valence-corrected chi connectivity index (χ3v) is 3.80. The van der Waals surface area contributed by atoms with Gasteiger partial charge in [0.05, 0.1) is 7.11 Å². The largest absolute Gasteiger partial charge is 0.493 e. The van der Waals surface area contributed by atoms with Crippen molar-refractivity contribution in [1.82, 2.24) is 0 Å². The van der Waals surface area contributed by atoms with Crippen molar-refractivity contribution in [3.8, 4) is 23.0 Å². The van der Waals surface area contributed by atoms with Crippen molar-refractivity contribution >= 4 is 5.91 Å². The molecule has 7 heteroatoms. The predicted molar refractivity (Wildman–Crippen MR) is 89.6 cm³/mol. The molecule has 3 rings (SSSR count). The maximum atomic E-state index is 10.8. The summed E-state index contributed by atoms with van der Waals surface area (Å²) in [5.41, 5.74) is 7.34. The van der Waals surface area contributed by atoms with E-state index < -0.39 is 5.91 Å². The van der Waals surface area contributed by atoms with Crippen molar-refractivity contribution in [1.29, 1.82) is 0 Å². The van der Waals surface area contributed by atoms with Crippen LogP contribution in [0.4, 0.5) is 0 Å². The summed E-state index contributed by atoms with van der Waals surface area (Å²) in [6.45, 7) is 1.71. The summed E-state index contributed by atoms with van der Waals surface area (Å²) in [7, 11) is 1.56. The molecule has 0 fully saturated rings. The Hall–Kier alpha value is -2.93. The molecule has 0 aromatic heterocycles. The summed E-state index contributed by atoms with van der Waals surface area (Å²) >= 11 is 0. The van der Waals surface area contributed by atoms with Crippen molar-refractivity contribution in [2.75, 3.05) is 20.5 Å². The number of fused-ring (bicyclic) bond motifs is 1. The van der Waals surface area contributed by atoms with E-state index in [1.165, 1.54) is 0 Å². The van der Waals surface area contributed by atoms with Gasteiger partial charge in [-0.3, -0.25) is 4.79 Å². The number of carbonyl (C=O) groups is 1. The van der Waals surface area contributed by atoms with Crippen LogP contribution >= 0.6 is 0 Å². The molecule has 2 aromatic rings. The van der Waals surface area contributed by atoms with E-state index in [4.69, 9.17) is 24.7 Å². The highest BCUT2D eigenvalue weighted by Gasteiger charge is 2.14. The van der Waals surface area contributed by atoms with E-state index in [1.807, 2.05) is 30.3 Å². The van der Waals surface area contributed by atoms with E-state index in [2.05, 4.69) is 5.32 Å². The molecule has 0 saturated carbocycles. The van der Waals surface area contributed by atoms with E-state index in [0.29, 0.717) is 11.5 Å². The molecule has 1 amide bonds. The van der Waals surface area contributed by atoms with Gasteiger partial charge in [0.1, 0.15) is 13.1 Å². The highest BCUT2D eigenvalue weighted by molar-refractivity contribution is 5.75. The van der Waals surface area contributed by atoms with Gasteiger partial charge in [-0.2, -0.15) is 0 Å². The third kappa shape index (κ3) is 4.33. The zero-order chi connectivity index (χ0) is 17.6. The number of methoxy groups -OCH3 is 1. The molecule has 0 bridgehead atoms. The van der Waals surface area contributed by atoms with Crippen molar-refractivity contribution in [3.63, 3.8) is 0 Å². The first-order chi connectivity index (χ1) is 12.2. The van der Waals surface area contributed by atoms with Crippen LogP contribution in [0.15, 0.2) is 36.4 Å². The fraction of sp³-hybridized carbons (Fsp3) is 0.278. The van der Waals surface area contributed by atoms with E-state index in [-0.39, 0.29) is 13.4 Å². The minimum atomic E-state index is -0.525. The number of carbonyl (C=O) groups excluding carboxylic acids is 1. The molecule has 4 N–H and O–H groups in total. The van der Waals surface area contributed by atoms with Crippen LogP contribution in [0.1, 0.15) is 11.1 Å². The van der Waals surface area contributed by atoms with Gasteiger partial charge >= 0.3 is 0 Å².